The molecule has 0 aliphatic heterocycles. The van der Waals surface area contributed by atoms with Crippen LogP contribution in [0.2, 0.25) is 0 Å². The molecule has 112 valence electrons. The molecule has 1 atom stereocenters. The molecule has 0 amide bonds. The summed E-state index contributed by atoms with van der Waals surface area (Å²) in [4.78, 5) is 4.45. The molecule has 0 saturated carbocycles. The maximum absolute atomic E-state index is 6.19. The normalized spacial score (nSPS) is 12.0. The van der Waals surface area contributed by atoms with Crippen LogP contribution in [0.5, 0.6) is 11.6 Å². The Morgan fingerprint density at radius 2 is 1.90 bits per heavy atom. The Bertz CT molecular complexity index is 614. The molecule has 2 heterocycles. The Balaban J connectivity index is 2.20. The average molecular weight is 288 g/mol. The van der Waals surface area contributed by atoms with Crippen molar-refractivity contribution in [3.63, 3.8) is 0 Å². The second kappa shape index (κ2) is 6.49. The lowest BCUT2D eigenvalue weighted by Gasteiger charge is -2.15. The Kier molecular flexibility index (Phi) is 4.70. The highest BCUT2D eigenvalue weighted by atomic mass is 16.5. The standard InChI is InChI=1S/C15H20N4O2/c1-9-8-17-13(10(2)15(9)21-4)7-11(16)12-5-6-14(20-3)19-18-12/h5-6,8,11H,7,16H2,1-4H3. The maximum atomic E-state index is 6.19. The van der Waals surface area contributed by atoms with Crippen LogP contribution in [-0.2, 0) is 6.42 Å². The molecule has 2 rings (SSSR count). The van der Waals surface area contributed by atoms with Gasteiger partial charge in [-0.15, -0.1) is 5.10 Å². The topological polar surface area (TPSA) is 83.2 Å². The first-order valence-electron chi connectivity index (χ1n) is 6.69. The van der Waals surface area contributed by atoms with Crippen molar-refractivity contribution in [1.82, 2.24) is 15.2 Å². The number of nitrogens with zero attached hydrogens (tertiary/aromatic N) is 3. The predicted molar refractivity (Wildman–Crippen MR) is 79.5 cm³/mol. The van der Waals surface area contributed by atoms with Gasteiger partial charge >= 0.3 is 0 Å². The number of methoxy groups -OCH3 is 2. The van der Waals surface area contributed by atoms with Gasteiger partial charge in [0, 0.05) is 35.5 Å². The van der Waals surface area contributed by atoms with Gasteiger partial charge in [-0.1, -0.05) is 0 Å². The summed E-state index contributed by atoms with van der Waals surface area (Å²) >= 11 is 0. The highest BCUT2D eigenvalue weighted by Gasteiger charge is 2.15. The minimum atomic E-state index is -0.276. The van der Waals surface area contributed by atoms with Crippen molar-refractivity contribution in [1.29, 1.82) is 0 Å². The van der Waals surface area contributed by atoms with Crippen LogP contribution >= 0.6 is 0 Å². The molecule has 6 nitrogen and oxygen atoms in total. The Morgan fingerprint density at radius 1 is 1.14 bits per heavy atom. The van der Waals surface area contributed by atoms with Crippen molar-refractivity contribution in [2.75, 3.05) is 14.2 Å². The molecule has 0 fully saturated rings. The summed E-state index contributed by atoms with van der Waals surface area (Å²) in [7, 11) is 3.21. The summed E-state index contributed by atoms with van der Waals surface area (Å²) in [5, 5.41) is 8.01. The van der Waals surface area contributed by atoms with Crippen molar-refractivity contribution >= 4 is 0 Å². The van der Waals surface area contributed by atoms with Crippen LogP contribution in [0.1, 0.15) is 28.6 Å². The molecule has 6 heteroatoms. The Morgan fingerprint density at radius 3 is 2.48 bits per heavy atom. The second-order valence-electron chi connectivity index (χ2n) is 4.86. The van der Waals surface area contributed by atoms with E-state index in [1.807, 2.05) is 19.9 Å². The third-order valence-electron chi connectivity index (χ3n) is 3.41. The molecule has 2 aromatic rings. The van der Waals surface area contributed by atoms with Crippen LogP contribution in [0.3, 0.4) is 0 Å². The van der Waals surface area contributed by atoms with Gasteiger partial charge in [0.05, 0.1) is 26.0 Å². The number of hydrogen-bond acceptors (Lipinski definition) is 6. The minimum Gasteiger partial charge on any atom is -0.496 e. The van der Waals surface area contributed by atoms with E-state index >= 15 is 0 Å². The molecule has 0 bridgehead atoms. The average Bonchev–Trinajstić information content (AvgIpc) is 2.50. The van der Waals surface area contributed by atoms with Gasteiger partial charge in [-0.25, -0.2) is 0 Å². The molecule has 21 heavy (non-hydrogen) atoms. The van der Waals surface area contributed by atoms with Crippen molar-refractivity contribution in [2.45, 2.75) is 26.3 Å². The fourth-order valence-corrected chi connectivity index (χ4v) is 2.23. The van der Waals surface area contributed by atoms with Gasteiger partial charge in [-0.05, 0) is 19.9 Å². The summed E-state index contributed by atoms with van der Waals surface area (Å²) in [6, 6.07) is 3.29. The van der Waals surface area contributed by atoms with Gasteiger partial charge in [0.2, 0.25) is 5.88 Å². The van der Waals surface area contributed by atoms with E-state index in [1.165, 1.54) is 0 Å². The third kappa shape index (κ3) is 3.28. The first-order chi connectivity index (χ1) is 10.1. The maximum Gasteiger partial charge on any atom is 0.233 e. The zero-order chi connectivity index (χ0) is 15.4. The molecule has 1 unspecified atom stereocenters. The quantitative estimate of drug-likeness (QED) is 0.902. The van der Waals surface area contributed by atoms with Gasteiger partial charge in [0.1, 0.15) is 5.75 Å². The number of nitrogens with two attached hydrogens (primary N) is 1. The number of aromatic nitrogens is 3. The second-order valence-corrected chi connectivity index (χ2v) is 4.86. The fourth-order valence-electron chi connectivity index (χ4n) is 2.23. The molecular formula is C15H20N4O2. The Hall–Kier alpha value is -2.21. The fraction of sp³-hybridized carbons (Fsp3) is 0.400. The SMILES string of the molecule is COc1ccc(C(N)Cc2ncc(C)c(OC)c2C)nn1. The number of aryl methyl sites for hydroxylation is 1. The predicted octanol–water partition coefficient (Wildman–Crippen LogP) is 1.75. The summed E-state index contributed by atoms with van der Waals surface area (Å²) in [5.41, 5.74) is 9.82. The Labute approximate surface area is 124 Å². The summed E-state index contributed by atoms with van der Waals surface area (Å²) in [5.74, 6) is 1.32. The molecule has 0 radical (unpaired) electrons. The summed E-state index contributed by atoms with van der Waals surface area (Å²) in [6.07, 6.45) is 2.37. The zero-order valence-electron chi connectivity index (χ0n) is 12.8. The van der Waals surface area contributed by atoms with E-state index in [9.17, 15) is 0 Å². The lowest BCUT2D eigenvalue weighted by atomic mass is 10.0. The van der Waals surface area contributed by atoms with E-state index in [4.69, 9.17) is 15.2 Å². The number of rotatable bonds is 5. The number of ether oxygens (including phenoxy) is 2. The van der Waals surface area contributed by atoms with E-state index in [0.29, 0.717) is 18.0 Å². The van der Waals surface area contributed by atoms with E-state index in [2.05, 4.69) is 15.2 Å². The van der Waals surface area contributed by atoms with E-state index in [-0.39, 0.29) is 6.04 Å². The first kappa shape index (κ1) is 15.2. The molecule has 2 aromatic heterocycles. The van der Waals surface area contributed by atoms with Crippen molar-refractivity contribution < 1.29 is 9.47 Å². The first-order valence-corrected chi connectivity index (χ1v) is 6.69. The lowest BCUT2D eigenvalue weighted by Crippen LogP contribution is -2.17. The van der Waals surface area contributed by atoms with Crippen LogP contribution < -0.4 is 15.2 Å². The molecule has 2 N–H and O–H groups in total. The van der Waals surface area contributed by atoms with Crippen LogP contribution in [0.25, 0.3) is 0 Å². The van der Waals surface area contributed by atoms with Gasteiger partial charge in [0.25, 0.3) is 0 Å². The van der Waals surface area contributed by atoms with E-state index in [1.54, 1.807) is 26.5 Å². The highest BCUT2D eigenvalue weighted by molar-refractivity contribution is 5.41. The smallest absolute Gasteiger partial charge is 0.233 e. The van der Waals surface area contributed by atoms with Crippen LogP contribution in [-0.4, -0.2) is 29.4 Å². The number of hydrogen-bond donors (Lipinski definition) is 1. The summed E-state index contributed by atoms with van der Waals surface area (Å²) < 4.78 is 10.4. The molecule has 0 saturated heterocycles. The van der Waals surface area contributed by atoms with E-state index < -0.39 is 0 Å². The van der Waals surface area contributed by atoms with Crippen molar-refractivity contribution in [3.05, 3.63) is 40.8 Å². The largest absolute Gasteiger partial charge is 0.496 e. The molecular weight excluding hydrogens is 268 g/mol. The summed E-state index contributed by atoms with van der Waals surface area (Å²) in [6.45, 7) is 3.96. The van der Waals surface area contributed by atoms with E-state index in [0.717, 1.165) is 22.6 Å². The van der Waals surface area contributed by atoms with Gasteiger partial charge in [-0.2, -0.15) is 5.10 Å². The minimum absolute atomic E-state index is 0.276. The van der Waals surface area contributed by atoms with Gasteiger partial charge in [0.15, 0.2) is 0 Å². The molecule has 0 aromatic carbocycles. The molecule has 0 spiro atoms. The molecule has 0 aliphatic rings. The lowest BCUT2D eigenvalue weighted by molar-refractivity contribution is 0.390. The number of pyridine rings is 1. The van der Waals surface area contributed by atoms with Crippen molar-refractivity contribution in [3.8, 4) is 11.6 Å². The highest BCUT2D eigenvalue weighted by Crippen LogP contribution is 2.26. The zero-order valence-corrected chi connectivity index (χ0v) is 12.8. The van der Waals surface area contributed by atoms with Crippen LogP contribution in [0.4, 0.5) is 0 Å². The monoisotopic (exact) mass is 288 g/mol. The van der Waals surface area contributed by atoms with Crippen LogP contribution in [0, 0.1) is 13.8 Å². The van der Waals surface area contributed by atoms with Gasteiger partial charge in [-0.3, -0.25) is 4.98 Å². The van der Waals surface area contributed by atoms with Crippen molar-refractivity contribution in [2.24, 2.45) is 5.73 Å². The van der Waals surface area contributed by atoms with Gasteiger partial charge < -0.3 is 15.2 Å². The third-order valence-corrected chi connectivity index (χ3v) is 3.41. The molecule has 0 aliphatic carbocycles. The van der Waals surface area contributed by atoms with Crippen LogP contribution in [0.15, 0.2) is 18.3 Å².